The Balaban J connectivity index is 1.99. The molecule has 0 atom stereocenters. The Morgan fingerprint density at radius 2 is 1.71 bits per heavy atom. The standard InChI is InChI=1S/C20H16FNO6/c1-11(23)27-18-16(25-2)9-12(10-17(18)26-3)8-15-20(24)28-19(22-15)13-4-6-14(21)7-5-13/h4-10H,1-3H3. The molecule has 0 saturated carbocycles. The summed E-state index contributed by atoms with van der Waals surface area (Å²) in [5.41, 5.74) is 1.03. The number of rotatable bonds is 5. The van der Waals surface area contributed by atoms with E-state index < -0.39 is 17.8 Å². The maximum absolute atomic E-state index is 13.1. The molecule has 0 spiro atoms. The van der Waals surface area contributed by atoms with Gasteiger partial charge >= 0.3 is 11.9 Å². The van der Waals surface area contributed by atoms with Crippen molar-refractivity contribution in [3.05, 3.63) is 59.0 Å². The third-order valence-corrected chi connectivity index (χ3v) is 3.74. The van der Waals surface area contributed by atoms with Crippen molar-refractivity contribution < 1.29 is 32.9 Å². The molecule has 7 nitrogen and oxygen atoms in total. The van der Waals surface area contributed by atoms with Gasteiger partial charge in [0.15, 0.2) is 17.2 Å². The Kier molecular flexibility index (Phi) is 5.39. The summed E-state index contributed by atoms with van der Waals surface area (Å²) in [6.07, 6.45) is 1.47. The number of nitrogens with zero attached hydrogens (tertiary/aromatic N) is 1. The molecule has 0 N–H and O–H groups in total. The van der Waals surface area contributed by atoms with Gasteiger partial charge in [0.2, 0.25) is 11.6 Å². The summed E-state index contributed by atoms with van der Waals surface area (Å²) in [7, 11) is 2.82. The van der Waals surface area contributed by atoms with Crippen LogP contribution in [0.15, 0.2) is 47.1 Å². The molecule has 2 aromatic rings. The molecule has 2 aromatic carbocycles. The van der Waals surface area contributed by atoms with Gasteiger partial charge in [-0.25, -0.2) is 14.2 Å². The number of methoxy groups -OCH3 is 2. The third kappa shape index (κ3) is 4.01. The molecular formula is C20H16FNO6. The van der Waals surface area contributed by atoms with E-state index in [1.54, 1.807) is 12.1 Å². The molecule has 144 valence electrons. The number of hydrogen-bond acceptors (Lipinski definition) is 7. The van der Waals surface area contributed by atoms with E-state index in [0.29, 0.717) is 11.1 Å². The van der Waals surface area contributed by atoms with E-state index in [0.717, 1.165) is 0 Å². The molecule has 0 aromatic heterocycles. The lowest BCUT2D eigenvalue weighted by atomic mass is 10.1. The molecule has 3 rings (SSSR count). The van der Waals surface area contributed by atoms with Crippen LogP contribution in [0.5, 0.6) is 17.2 Å². The average molecular weight is 385 g/mol. The number of aliphatic imine (C=N–C) groups is 1. The monoisotopic (exact) mass is 385 g/mol. The molecule has 1 aliphatic heterocycles. The van der Waals surface area contributed by atoms with E-state index >= 15 is 0 Å². The van der Waals surface area contributed by atoms with Gasteiger partial charge < -0.3 is 18.9 Å². The maximum atomic E-state index is 13.1. The van der Waals surface area contributed by atoms with Gasteiger partial charge in [0, 0.05) is 12.5 Å². The van der Waals surface area contributed by atoms with Crippen LogP contribution in [0, 0.1) is 5.82 Å². The molecule has 0 saturated heterocycles. The second-order valence-corrected chi connectivity index (χ2v) is 5.69. The van der Waals surface area contributed by atoms with Gasteiger partial charge in [0.25, 0.3) is 0 Å². The first-order valence-corrected chi connectivity index (χ1v) is 8.14. The van der Waals surface area contributed by atoms with E-state index in [9.17, 15) is 14.0 Å². The minimum absolute atomic E-state index is 0.0451. The molecule has 1 heterocycles. The molecular weight excluding hydrogens is 369 g/mol. The van der Waals surface area contributed by atoms with Gasteiger partial charge in [-0.05, 0) is 48.0 Å². The summed E-state index contributed by atoms with van der Waals surface area (Å²) in [6.45, 7) is 1.26. The first-order chi connectivity index (χ1) is 13.4. The molecule has 0 radical (unpaired) electrons. The van der Waals surface area contributed by atoms with Crippen molar-refractivity contribution in [2.75, 3.05) is 14.2 Å². The minimum atomic E-state index is -0.652. The number of carbonyl (C=O) groups excluding carboxylic acids is 2. The summed E-state index contributed by atoms with van der Waals surface area (Å²) < 4.78 is 33.8. The number of ether oxygens (including phenoxy) is 4. The fourth-order valence-electron chi connectivity index (χ4n) is 2.51. The Bertz CT molecular complexity index is 969. The molecule has 8 heteroatoms. The second kappa shape index (κ2) is 7.91. The minimum Gasteiger partial charge on any atom is -0.493 e. The number of halogens is 1. The summed E-state index contributed by atoms with van der Waals surface area (Å²) in [5, 5.41) is 0. The number of esters is 2. The van der Waals surface area contributed by atoms with Gasteiger partial charge in [0.05, 0.1) is 14.2 Å². The SMILES string of the molecule is COc1cc(C=C2N=C(c3ccc(F)cc3)OC2=O)cc(OC)c1OC(C)=O. The summed E-state index contributed by atoms with van der Waals surface area (Å²) in [4.78, 5) is 27.6. The van der Waals surface area contributed by atoms with Crippen LogP contribution in [0.2, 0.25) is 0 Å². The Morgan fingerprint density at radius 3 is 2.25 bits per heavy atom. The van der Waals surface area contributed by atoms with E-state index in [-0.39, 0.29) is 28.8 Å². The molecule has 28 heavy (non-hydrogen) atoms. The number of benzene rings is 2. The predicted molar refractivity (Wildman–Crippen MR) is 97.9 cm³/mol. The van der Waals surface area contributed by atoms with E-state index in [1.165, 1.54) is 51.5 Å². The van der Waals surface area contributed by atoms with Crippen LogP contribution in [-0.2, 0) is 14.3 Å². The lowest BCUT2D eigenvalue weighted by Crippen LogP contribution is -2.06. The molecule has 0 amide bonds. The van der Waals surface area contributed by atoms with Gasteiger partial charge in [-0.15, -0.1) is 0 Å². The number of hydrogen-bond donors (Lipinski definition) is 0. The van der Waals surface area contributed by atoms with Gasteiger partial charge in [-0.1, -0.05) is 0 Å². The lowest BCUT2D eigenvalue weighted by Gasteiger charge is -2.13. The zero-order valence-corrected chi connectivity index (χ0v) is 15.3. The Hall–Kier alpha value is -3.68. The number of carbonyl (C=O) groups is 2. The highest BCUT2D eigenvalue weighted by Crippen LogP contribution is 2.39. The smallest absolute Gasteiger partial charge is 0.363 e. The summed E-state index contributed by atoms with van der Waals surface area (Å²) >= 11 is 0. The van der Waals surface area contributed by atoms with Gasteiger partial charge in [-0.3, -0.25) is 4.79 Å². The largest absolute Gasteiger partial charge is 0.493 e. The van der Waals surface area contributed by atoms with Gasteiger partial charge in [0.1, 0.15) is 5.82 Å². The second-order valence-electron chi connectivity index (χ2n) is 5.69. The van der Waals surface area contributed by atoms with E-state index in [1.807, 2.05) is 0 Å². The Morgan fingerprint density at radius 1 is 1.11 bits per heavy atom. The van der Waals surface area contributed by atoms with Crippen molar-refractivity contribution in [3.8, 4) is 17.2 Å². The fraction of sp³-hybridized carbons (Fsp3) is 0.150. The highest BCUT2D eigenvalue weighted by molar-refractivity contribution is 6.12. The third-order valence-electron chi connectivity index (χ3n) is 3.74. The fourth-order valence-corrected chi connectivity index (χ4v) is 2.51. The zero-order chi connectivity index (χ0) is 20.3. The molecule has 0 fully saturated rings. The highest BCUT2D eigenvalue weighted by Gasteiger charge is 2.25. The van der Waals surface area contributed by atoms with Crippen molar-refractivity contribution >= 4 is 23.9 Å². The van der Waals surface area contributed by atoms with Crippen molar-refractivity contribution in [1.29, 1.82) is 0 Å². The van der Waals surface area contributed by atoms with E-state index in [4.69, 9.17) is 18.9 Å². The predicted octanol–water partition coefficient (Wildman–Crippen LogP) is 3.11. The van der Waals surface area contributed by atoms with E-state index in [2.05, 4.69) is 4.99 Å². The summed E-state index contributed by atoms with van der Waals surface area (Å²) in [6, 6.07) is 8.54. The first-order valence-electron chi connectivity index (χ1n) is 8.14. The normalized spacial score (nSPS) is 14.5. The van der Waals surface area contributed by atoms with Crippen molar-refractivity contribution in [2.45, 2.75) is 6.92 Å². The Labute approximate surface area is 160 Å². The van der Waals surface area contributed by atoms with Crippen LogP contribution >= 0.6 is 0 Å². The van der Waals surface area contributed by atoms with Crippen molar-refractivity contribution in [2.24, 2.45) is 4.99 Å². The quantitative estimate of drug-likeness (QED) is 0.447. The first kappa shape index (κ1) is 19.1. The highest BCUT2D eigenvalue weighted by atomic mass is 19.1. The molecule has 0 aliphatic carbocycles. The van der Waals surface area contributed by atoms with Crippen molar-refractivity contribution in [1.82, 2.24) is 0 Å². The lowest BCUT2D eigenvalue weighted by molar-refractivity contribution is -0.132. The topological polar surface area (TPSA) is 83.4 Å². The molecule has 0 unspecified atom stereocenters. The molecule has 0 bridgehead atoms. The van der Waals surface area contributed by atoms with Crippen LogP contribution in [0.3, 0.4) is 0 Å². The zero-order valence-electron chi connectivity index (χ0n) is 15.3. The van der Waals surface area contributed by atoms with Crippen molar-refractivity contribution in [3.63, 3.8) is 0 Å². The summed E-state index contributed by atoms with van der Waals surface area (Å²) in [5.74, 6) is -0.893. The van der Waals surface area contributed by atoms with Crippen LogP contribution in [0.1, 0.15) is 18.1 Å². The van der Waals surface area contributed by atoms with Crippen LogP contribution in [0.25, 0.3) is 6.08 Å². The average Bonchev–Trinajstić information content (AvgIpc) is 3.03. The van der Waals surface area contributed by atoms with Crippen LogP contribution in [0.4, 0.5) is 4.39 Å². The van der Waals surface area contributed by atoms with Crippen LogP contribution in [-0.4, -0.2) is 32.1 Å². The van der Waals surface area contributed by atoms with Crippen LogP contribution < -0.4 is 14.2 Å². The van der Waals surface area contributed by atoms with Gasteiger partial charge in [-0.2, -0.15) is 0 Å². The number of cyclic esters (lactones) is 1. The molecule has 1 aliphatic rings. The maximum Gasteiger partial charge on any atom is 0.363 e.